The standard InChI is InChI=1S/C8H17F3N2/c1-3-7(4-2,5-12)13-6-8(9,10)11/h13H,3-6,12H2,1-2H3. The van der Waals surface area contributed by atoms with Crippen LogP contribution in [-0.2, 0) is 0 Å². The third kappa shape index (κ3) is 4.47. The van der Waals surface area contributed by atoms with Crippen molar-refractivity contribution in [3.63, 3.8) is 0 Å². The molecule has 80 valence electrons. The quantitative estimate of drug-likeness (QED) is 0.705. The maximum absolute atomic E-state index is 11.9. The molecule has 0 aromatic carbocycles. The van der Waals surface area contributed by atoms with Gasteiger partial charge in [0.15, 0.2) is 0 Å². The van der Waals surface area contributed by atoms with Crippen LogP contribution in [0.2, 0.25) is 0 Å². The highest BCUT2D eigenvalue weighted by Gasteiger charge is 2.32. The Kier molecular flexibility index (Phi) is 4.70. The average molecular weight is 198 g/mol. The van der Waals surface area contributed by atoms with E-state index in [9.17, 15) is 13.2 Å². The Labute approximate surface area is 76.7 Å². The van der Waals surface area contributed by atoms with Crippen molar-refractivity contribution < 1.29 is 13.2 Å². The van der Waals surface area contributed by atoms with Gasteiger partial charge >= 0.3 is 6.18 Å². The van der Waals surface area contributed by atoms with E-state index in [1.54, 1.807) is 0 Å². The van der Waals surface area contributed by atoms with Gasteiger partial charge in [0.2, 0.25) is 0 Å². The molecule has 0 bridgehead atoms. The van der Waals surface area contributed by atoms with E-state index in [1.165, 1.54) is 0 Å². The van der Waals surface area contributed by atoms with Gasteiger partial charge in [-0.25, -0.2) is 0 Å². The van der Waals surface area contributed by atoms with Crippen LogP contribution in [0.5, 0.6) is 0 Å². The van der Waals surface area contributed by atoms with Gasteiger partial charge in [-0.05, 0) is 12.8 Å². The summed E-state index contributed by atoms with van der Waals surface area (Å²) < 4.78 is 35.7. The van der Waals surface area contributed by atoms with Crippen LogP contribution in [0, 0.1) is 0 Å². The predicted molar refractivity (Wildman–Crippen MR) is 46.4 cm³/mol. The molecule has 2 nitrogen and oxygen atoms in total. The van der Waals surface area contributed by atoms with Crippen molar-refractivity contribution in [2.45, 2.75) is 38.4 Å². The summed E-state index contributed by atoms with van der Waals surface area (Å²) in [6.07, 6.45) is -2.95. The molecule has 5 heteroatoms. The van der Waals surface area contributed by atoms with Crippen molar-refractivity contribution in [1.82, 2.24) is 5.32 Å². The highest BCUT2D eigenvalue weighted by Crippen LogP contribution is 2.18. The number of rotatable bonds is 5. The van der Waals surface area contributed by atoms with E-state index in [0.717, 1.165) is 0 Å². The molecule has 0 unspecified atom stereocenters. The number of nitrogens with two attached hydrogens (primary N) is 1. The Bertz CT molecular complexity index is 133. The van der Waals surface area contributed by atoms with Gasteiger partial charge in [0.05, 0.1) is 6.54 Å². The number of hydrogen-bond donors (Lipinski definition) is 2. The van der Waals surface area contributed by atoms with E-state index in [1.807, 2.05) is 13.8 Å². The van der Waals surface area contributed by atoms with Crippen molar-refractivity contribution in [2.75, 3.05) is 13.1 Å². The molecule has 0 spiro atoms. The molecule has 0 aromatic rings. The fraction of sp³-hybridized carbons (Fsp3) is 1.00. The minimum absolute atomic E-state index is 0.232. The molecule has 0 saturated heterocycles. The van der Waals surface area contributed by atoms with Crippen LogP contribution in [0.1, 0.15) is 26.7 Å². The fourth-order valence-corrected chi connectivity index (χ4v) is 1.15. The summed E-state index contributed by atoms with van der Waals surface area (Å²) in [5, 5.41) is 2.47. The van der Waals surface area contributed by atoms with Crippen molar-refractivity contribution in [2.24, 2.45) is 5.73 Å². The van der Waals surface area contributed by atoms with Gasteiger partial charge in [-0.15, -0.1) is 0 Å². The van der Waals surface area contributed by atoms with E-state index in [-0.39, 0.29) is 6.54 Å². The summed E-state index contributed by atoms with van der Waals surface area (Å²) in [7, 11) is 0. The number of hydrogen-bond acceptors (Lipinski definition) is 2. The Balaban J connectivity index is 4.11. The summed E-state index contributed by atoms with van der Waals surface area (Å²) >= 11 is 0. The van der Waals surface area contributed by atoms with Crippen molar-refractivity contribution in [3.05, 3.63) is 0 Å². The van der Waals surface area contributed by atoms with Gasteiger partial charge in [0.1, 0.15) is 0 Å². The third-order valence-corrected chi connectivity index (χ3v) is 2.41. The first-order chi connectivity index (χ1) is 5.89. The molecule has 3 N–H and O–H groups in total. The van der Waals surface area contributed by atoms with Crippen LogP contribution in [0.25, 0.3) is 0 Å². The van der Waals surface area contributed by atoms with Gasteiger partial charge in [-0.2, -0.15) is 13.2 Å². The maximum Gasteiger partial charge on any atom is 0.401 e. The molecule has 0 saturated carbocycles. The molecule has 13 heavy (non-hydrogen) atoms. The average Bonchev–Trinajstić information content (AvgIpc) is 2.06. The summed E-state index contributed by atoms with van der Waals surface area (Å²) in [5.41, 5.74) is 4.87. The molecule has 0 aromatic heterocycles. The first-order valence-electron chi connectivity index (χ1n) is 4.41. The normalized spacial score (nSPS) is 13.4. The van der Waals surface area contributed by atoms with E-state index in [4.69, 9.17) is 5.73 Å². The molecular formula is C8H17F3N2. The van der Waals surface area contributed by atoms with Crippen LogP contribution >= 0.6 is 0 Å². The lowest BCUT2D eigenvalue weighted by Gasteiger charge is -2.32. The SMILES string of the molecule is CCC(CC)(CN)NCC(F)(F)F. The molecule has 0 aliphatic heterocycles. The monoisotopic (exact) mass is 198 g/mol. The molecule has 0 radical (unpaired) electrons. The second-order valence-electron chi connectivity index (χ2n) is 3.16. The first kappa shape index (κ1) is 12.7. The number of halogens is 3. The number of alkyl halides is 3. The zero-order chi connectivity index (χ0) is 10.5. The molecule has 0 fully saturated rings. The predicted octanol–water partition coefficient (Wildman–Crippen LogP) is 1.66. The zero-order valence-electron chi connectivity index (χ0n) is 8.04. The lowest BCUT2D eigenvalue weighted by molar-refractivity contribution is -0.128. The van der Waals surface area contributed by atoms with E-state index in [2.05, 4.69) is 5.32 Å². The molecule has 0 aliphatic rings. The van der Waals surface area contributed by atoms with Crippen molar-refractivity contribution in [3.8, 4) is 0 Å². The largest absolute Gasteiger partial charge is 0.401 e. The second kappa shape index (κ2) is 4.81. The maximum atomic E-state index is 11.9. The van der Waals surface area contributed by atoms with Crippen LogP contribution in [0.4, 0.5) is 13.2 Å². The van der Waals surface area contributed by atoms with Crippen LogP contribution < -0.4 is 11.1 Å². The van der Waals surface area contributed by atoms with Crippen LogP contribution in [0.15, 0.2) is 0 Å². The molecule has 0 rings (SSSR count). The summed E-state index contributed by atoms with van der Waals surface area (Å²) in [6.45, 7) is 2.93. The minimum Gasteiger partial charge on any atom is -0.329 e. The van der Waals surface area contributed by atoms with E-state index < -0.39 is 18.3 Å². The Hall–Kier alpha value is -0.290. The zero-order valence-corrected chi connectivity index (χ0v) is 8.04. The van der Waals surface area contributed by atoms with Crippen molar-refractivity contribution >= 4 is 0 Å². The Morgan fingerprint density at radius 2 is 1.62 bits per heavy atom. The van der Waals surface area contributed by atoms with Crippen LogP contribution in [-0.4, -0.2) is 24.8 Å². The molecule has 0 heterocycles. The first-order valence-corrected chi connectivity index (χ1v) is 4.41. The van der Waals surface area contributed by atoms with E-state index in [0.29, 0.717) is 12.8 Å². The number of nitrogens with one attached hydrogen (secondary N) is 1. The fourth-order valence-electron chi connectivity index (χ4n) is 1.15. The van der Waals surface area contributed by atoms with Gasteiger partial charge in [-0.3, -0.25) is 0 Å². The lowest BCUT2D eigenvalue weighted by Crippen LogP contribution is -2.53. The van der Waals surface area contributed by atoms with Gasteiger partial charge in [0.25, 0.3) is 0 Å². The van der Waals surface area contributed by atoms with Crippen LogP contribution in [0.3, 0.4) is 0 Å². The van der Waals surface area contributed by atoms with E-state index >= 15 is 0 Å². The topological polar surface area (TPSA) is 38.0 Å². The smallest absolute Gasteiger partial charge is 0.329 e. The Morgan fingerprint density at radius 3 is 1.85 bits per heavy atom. The summed E-state index contributed by atoms with van der Waals surface area (Å²) in [6, 6.07) is 0. The molecule has 0 atom stereocenters. The molecule has 0 aliphatic carbocycles. The lowest BCUT2D eigenvalue weighted by atomic mass is 9.93. The molecule has 0 amide bonds. The third-order valence-electron chi connectivity index (χ3n) is 2.41. The second-order valence-corrected chi connectivity index (χ2v) is 3.16. The molecular weight excluding hydrogens is 181 g/mol. The van der Waals surface area contributed by atoms with Gasteiger partial charge < -0.3 is 11.1 Å². The summed E-state index contributed by atoms with van der Waals surface area (Å²) in [4.78, 5) is 0. The highest BCUT2D eigenvalue weighted by molar-refractivity contribution is 4.87. The Morgan fingerprint density at radius 1 is 1.15 bits per heavy atom. The van der Waals surface area contributed by atoms with Gasteiger partial charge in [-0.1, -0.05) is 13.8 Å². The van der Waals surface area contributed by atoms with Gasteiger partial charge in [0, 0.05) is 12.1 Å². The van der Waals surface area contributed by atoms with Crippen molar-refractivity contribution in [1.29, 1.82) is 0 Å². The summed E-state index contributed by atoms with van der Waals surface area (Å²) in [5.74, 6) is 0. The minimum atomic E-state index is -4.16. The highest BCUT2D eigenvalue weighted by atomic mass is 19.4.